The van der Waals surface area contributed by atoms with Gasteiger partial charge in [0.2, 0.25) is 5.91 Å². The van der Waals surface area contributed by atoms with E-state index in [4.69, 9.17) is 0 Å². The lowest BCUT2D eigenvalue weighted by Crippen LogP contribution is -2.39. The van der Waals surface area contributed by atoms with Crippen molar-refractivity contribution in [1.82, 2.24) is 5.32 Å². The fourth-order valence-electron chi connectivity index (χ4n) is 4.89. The van der Waals surface area contributed by atoms with Crippen molar-refractivity contribution < 1.29 is 13.8 Å². The Labute approximate surface area is 193 Å². The van der Waals surface area contributed by atoms with E-state index in [0.29, 0.717) is 24.8 Å². The van der Waals surface area contributed by atoms with E-state index in [9.17, 15) is 9.59 Å². The van der Waals surface area contributed by atoms with Crippen LogP contribution in [0.1, 0.15) is 121 Å². The fourth-order valence-corrected chi connectivity index (χ4v) is 4.98. The van der Waals surface area contributed by atoms with Gasteiger partial charge in [-0.05, 0) is 47.3 Å². The highest BCUT2D eigenvalue weighted by Crippen LogP contribution is 2.40. The molecule has 1 amide bonds. The Morgan fingerprint density at radius 1 is 0.800 bits per heavy atom. The second-order valence-corrected chi connectivity index (χ2v) is 11.9. The van der Waals surface area contributed by atoms with Crippen molar-refractivity contribution in [2.24, 2.45) is 21.7 Å². The molecule has 0 aromatic rings. The molecule has 0 heterocycles. The molecule has 0 aliphatic rings. The minimum atomic E-state index is -0.305. The molecule has 0 radical (unpaired) electrons. The Kier molecular flexibility index (Phi) is 14.3. The molecule has 0 aromatic carbocycles. The Bertz CT molecular complexity index is 511. The third-order valence-corrected chi connectivity index (χ3v) is 5.56. The van der Waals surface area contributed by atoms with E-state index in [0.717, 1.165) is 19.3 Å². The number of hydrogen-bond donors (Lipinski definition) is 2. The first-order valence-electron chi connectivity index (χ1n) is 11.6. The highest BCUT2D eigenvalue weighted by molar-refractivity contribution is 7.75. The zero-order valence-corrected chi connectivity index (χ0v) is 22.7. The molecule has 0 unspecified atom stereocenters. The van der Waals surface area contributed by atoms with Crippen molar-refractivity contribution in [1.29, 1.82) is 0 Å². The summed E-state index contributed by atoms with van der Waals surface area (Å²) in [6, 6.07) is 0. The molecule has 0 fully saturated rings. The lowest BCUT2D eigenvalue weighted by molar-refractivity contribution is -0.133. The van der Waals surface area contributed by atoms with Crippen molar-refractivity contribution in [3.05, 3.63) is 0 Å². The minimum Gasteiger partial charge on any atom is -0.395 e. The minimum absolute atomic E-state index is 0.0464. The molecule has 4 nitrogen and oxygen atoms in total. The maximum atomic E-state index is 12.6. The summed E-state index contributed by atoms with van der Waals surface area (Å²) < 4.78 is 4.45. The first-order valence-corrected chi connectivity index (χ1v) is 12.0. The highest BCUT2D eigenvalue weighted by Gasteiger charge is 2.32. The van der Waals surface area contributed by atoms with Crippen LogP contribution in [0.15, 0.2) is 0 Å². The van der Waals surface area contributed by atoms with E-state index in [2.05, 4.69) is 84.7 Å². The summed E-state index contributed by atoms with van der Waals surface area (Å²) in [5.74, 6) is -0.197. The predicted molar refractivity (Wildman–Crippen MR) is 133 cm³/mol. The molecule has 0 saturated heterocycles. The summed E-state index contributed by atoms with van der Waals surface area (Å²) >= 11 is 3.56. The van der Waals surface area contributed by atoms with E-state index < -0.39 is 0 Å². The lowest BCUT2D eigenvalue weighted by Gasteiger charge is -2.36. The largest absolute Gasteiger partial charge is 0.395 e. The van der Waals surface area contributed by atoms with Crippen molar-refractivity contribution in [2.45, 2.75) is 121 Å². The van der Waals surface area contributed by atoms with Crippen molar-refractivity contribution in [3.8, 4) is 0 Å². The Balaban J connectivity index is 0. The molecule has 30 heavy (non-hydrogen) atoms. The van der Waals surface area contributed by atoms with Crippen LogP contribution in [0.5, 0.6) is 0 Å². The summed E-state index contributed by atoms with van der Waals surface area (Å²) in [6.45, 7) is 24.5. The van der Waals surface area contributed by atoms with Gasteiger partial charge in [0.05, 0.1) is 0 Å². The molecule has 5 heteroatoms. The van der Waals surface area contributed by atoms with Crippen LogP contribution in [0.2, 0.25) is 0 Å². The first-order chi connectivity index (χ1) is 13.5. The molecule has 1 N–H and O–H groups in total. The molecule has 0 bridgehead atoms. The van der Waals surface area contributed by atoms with Gasteiger partial charge in [0.1, 0.15) is 0 Å². The van der Waals surface area contributed by atoms with Crippen LogP contribution in [0, 0.1) is 21.7 Å². The van der Waals surface area contributed by atoms with Crippen LogP contribution in [0.4, 0.5) is 0 Å². The van der Waals surface area contributed by atoms with Crippen LogP contribution in [0.3, 0.4) is 0 Å². The van der Waals surface area contributed by atoms with E-state index in [1.54, 1.807) is 0 Å². The maximum absolute atomic E-state index is 12.6. The Morgan fingerprint density at radius 3 is 1.73 bits per heavy atom. The number of carbonyl (C=O) groups excluding carboxylic acids is 2. The van der Waals surface area contributed by atoms with Gasteiger partial charge in [-0.15, -0.1) is 0 Å². The van der Waals surface area contributed by atoms with Crippen molar-refractivity contribution in [2.75, 3.05) is 6.54 Å². The molecule has 0 aliphatic carbocycles. The van der Waals surface area contributed by atoms with Gasteiger partial charge in [-0.25, -0.2) is 0 Å². The van der Waals surface area contributed by atoms with Gasteiger partial charge in [0.25, 0.3) is 0 Å². The third kappa shape index (κ3) is 16.0. The quantitative estimate of drug-likeness (QED) is 0.230. The van der Waals surface area contributed by atoms with Crippen LogP contribution >= 0.6 is 12.9 Å². The molecule has 0 saturated carbocycles. The molecule has 0 aliphatic heterocycles. The van der Waals surface area contributed by atoms with E-state index in [-0.39, 0.29) is 28.1 Å². The number of hydrogen-bond acceptors (Lipinski definition) is 4. The van der Waals surface area contributed by atoms with Gasteiger partial charge < -0.3 is 9.50 Å². The van der Waals surface area contributed by atoms with Crippen LogP contribution in [-0.4, -0.2) is 18.4 Å². The van der Waals surface area contributed by atoms with Crippen LogP contribution < -0.4 is 5.32 Å². The summed E-state index contributed by atoms with van der Waals surface area (Å²) in [5, 5.41) is 3.17. The molecule has 180 valence electrons. The zero-order valence-electron chi connectivity index (χ0n) is 21.8. The van der Waals surface area contributed by atoms with E-state index in [1.807, 2.05) is 13.8 Å². The normalized spacial score (nSPS) is 12.7. The van der Waals surface area contributed by atoms with E-state index >= 15 is 0 Å². The van der Waals surface area contributed by atoms with Gasteiger partial charge in [0.15, 0.2) is 0 Å². The summed E-state index contributed by atoms with van der Waals surface area (Å²) in [7, 11) is 0. The summed E-state index contributed by atoms with van der Waals surface area (Å²) in [5.41, 5.74) is 0.185. The van der Waals surface area contributed by atoms with E-state index in [1.165, 1.54) is 12.8 Å². The number of carbonyl (C=O) groups is 2. The van der Waals surface area contributed by atoms with Gasteiger partial charge >= 0.3 is 5.97 Å². The predicted octanol–water partition coefficient (Wildman–Crippen LogP) is 7.37. The molecule has 0 aromatic heterocycles. The average Bonchev–Trinajstić information content (AvgIpc) is 2.57. The SMILES string of the molecule is CC.CCCC(C)(C)CC(C)(C)CNC(=O)CC(C)(C)CC(C)(C)CCC(=O)OS. The summed E-state index contributed by atoms with van der Waals surface area (Å²) in [6.07, 6.45) is 5.89. The highest BCUT2D eigenvalue weighted by atomic mass is 32.1. The number of rotatable bonds is 13. The average molecular weight is 446 g/mol. The standard InChI is InChI=1S/C23H45NO3S.C2H6/c1-10-12-20(2,3)16-23(8,9)17-24-18(25)14-22(6,7)15-21(4,5)13-11-19(26)27-28;1-2/h28H,10-17H2,1-9H3,(H,24,25);1-2H3. The topological polar surface area (TPSA) is 55.4 Å². The van der Waals surface area contributed by atoms with Crippen LogP contribution in [0.25, 0.3) is 0 Å². The Hall–Kier alpha value is -0.710. The van der Waals surface area contributed by atoms with Crippen molar-refractivity contribution in [3.63, 3.8) is 0 Å². The fraction of sp³-hybridized carbons (Fsp3) is 0.920. The second kappa shape index (κ2) is 13.6. The molecular formula is C25H51NO3S. The maximum Gasteiger partial charge on any atom is 0.317 e. The molecule has 0 spiro atoms. The number of thiol groups is 1. The molecular weight excluding hydrogens is 394 g/mol. The second-order valence-electron chi connectivity index (χ2n) is 11.7. The Morgan fingerprint density at radius 2 is 1.27 bits per heavy atom. The molecule has 0 atom stereocenters. The van der Waals surface area contributed by atoms with Gasteiger partial charge in [-0.1, -0.05) is 82.6 Å². The lowest BCUT2D eigenvalue weighted by atomic mass is 9.71. The first kappa shape index (κ1) is 31.5. The van der Waals surface area contributed by atoms with Gasteiger partial charge in [-0.2, -0.15) is 0 Å². The van der Waals surface area contributed by atoms with Crippen molar-refractivity contribution >= 4 is 24.8 Å². The summed E-state index contributed by atoms with van der Waals surface area (Å²) in [4.78, 5) is 24.0. The monoisotopic (exact) mass is 445 g/mol. The smallest absolute Gasteiger partial charge is 0.317 e. The third-order valence-electron chi connectivity index (χ3n) is 5.35. The zero-order chi connectivity index (χ0) is 24.2. The molecule has 0 rings (SSSR count). The number of amides is 1. The van der Waals surface area contributed by atoms with Gasteiger partial charge in [0, 0.05) is 32.3 Å². The van der Waals surface area contributed by atoms with Crippen LogP contribution in [-0.2, 0) is 13.8 Å². The van der Waals surface area contributed by atoms with Gasteiger partial charge in [-0.3, -0.25) is 9.59 Å². The number of nitrogens with one attached hydrogen (secondary N) is 1.